The Morgan fingerprint density at radius 1 is 0.968 bits per heavy atom. The Labute approximate surface area is 179 Å². The summed E-state index contributed by atoms with van der Waals surface area (Å²) in [6, 6.07) is 23.1. The maximum absolute atomic E-state index is 13.2. The van der Waals surface area contributed by atoms with E-state index in [2.05, 4.69) is 0 Å². The van der Waals surface area contributed by atoms with Gasteiger partial charge in [-0.05, 0) is 35.4 Å². The van der Waals surface area contributed by atoms with E-state index in [0.717, 1.165) is 22.2 Å². The topological polar surface area (TPSA) is 48.3 Å². The molecular weight excluding hydrogens is 393 g/mol. The lowest BCUT2D eigenvalue weighted by atomic mass is 10.0. The first kappa shape index (κ1) is 20.3. The Morgan fingerprint density at radius 2 is 1.71 bits per heavy atom. The molecule has 0 unspecified atom stereocenters. The highest BCUT2D eigenvalue weighted by Crippen LogP contribution is 2.33. The van der Waals surface area contributed by atoms with E-state index in [1.807, 2.05) is 66.2 Å². The number of fused-ring (bicyclic) bond motifs is 1. The molecule has 0 atom stereocenters. The molecule has 0 saturated heterocycles. The van der Waals surface area contributed by atoms with Gasteiger partial charge in [0.1, 0.15) is 5.82 Å². The molecule has 31 heavy (non-hydrogen) atoms. The number of aromatic nitrogens is 1. The van der Waals surface area contributed by atoms with Crippen molar-refractivity contribution < 1.29 is 18.7 Å². The third-order valence-electron chi connectivity index (χ3n) is 5.04. The van der Waals surface area contributed by atoms with E-state index in [0.29, 0.717) is 11.1 Å². The lowest BCUT2D eigenvalue weighted by Crippen LogP contribution is -2.13. The summed E-state index contributed by atoms with van der Waals surface area (Å²) < 4.78 is 20.4. The number of esters is 1. The van der Waals surface area contributed by atoms with E-state index in [1.165, 1.54) is 24.3 Å². The number of para-hydroxylation sites is 1. The highest BCUT2D eigenvalue weighted by Gasteiger charge is 2.22. The summed E-state index contributed by atoms with van der Waals surface area (Å²) >= 11 is 0. The van der Waals surface area contributed by atoms with Crippen LogP contribution in [-0.4, -0.2) is 22.9 Å². The number of carbonyl (C=O) groups is 2. The Kier molecular flexibility index (Phi) is 5.76. The monoisotopic (exact) mass is 413 g/mol. The van der Waals surface area contributed by atoms with Crippen LogP contribution < -0.4 is 0 Å². The zero-order valence-electron chi connectivity index (χ0n) is 16.9. The first-order valence-corrected chi connectivity index (χ1v) is 9.81. The average Bonchev–Trinajstić information content (AvgIpc) is 3.09. The maximum Gasteiger partial charge on any atom is 0.331 e. The van der Waals surface area contributed by atoms with Crippen molar-refractivity contribution in [3.05, 3.63) is 102 Å². The van der Waals surface area contributed by atoms with Crippen LogP contribution in [0.3, 0.4) is 0 Å². The van der Waals surface area contributed by atoms with E-state index >= 15 is 0 Å². The minimum atomic E-state index is -0.667. The third-order valence-corrected chi connectivity index (χ3v) is 5.04. The van der Waals surface area contributed by atoms with Gasteiger partial charge in [-0.2, -0.15) is 0 Å². The molecule has 0 spiro atoms. The normalized spacial score (nSPS) is 11.2. The zero-order chi connectivity index (χ0) is 21.8. The molecule has 0 aliphatic carbocycles. The quantitative estimate of drug-likeness (QED) is 0.241. The molecule has 0 radical (unpaired) electrons. The highest BCUT2D eigenvalue weighted by molar-refractivity contribution is 6.14. The number of benzene rings is 3. The van der Waals surface area contributed by atoms with Gasteiger partial charge in [-0.25, -0.2) is 9.18 Å². The third kappa shape index (κ3) is 4.31. The fraction of sp³-hybridized carbons (Fsp3) is 0.0769. The van der Waals surface area contributed by atoms with Crippen molar-refractivity contribution in [3.63, 3.8) is 0 Å². The number of Topliss-reactive ketones (excluding diaryl/α,β-unsaturated/α-hetero) is 1. The Hall–Kier alpha value is -3.99. The number of hydrogen-bond donors (Lipinski definition) is 0. The minimum Gasteiger partial charge on any atom is -0.454 e. The molecule has 4 rings (SSSR count). The first-order valence-electron chi connectivity index (χ1n) is 9.81. The molecule has 0 N–H and O–H groups in total. The van der Waals surface area contributed by atoms with Crippen LogP contribution in [-0.2, 0) is 16.6 Å². The number of ether oxygens (including phenoxy) is 1. The molecule has 0 bridgehead atoms. The van der Waals surface area contributed by atoms with Gasteiger partial charge in [0.05, 0.1) is 11.3 Å². The Balaban J connectivity index is 1.59. The number of carbonyl (C=O) groups excluding carboxylic acids is 2. The van der Waals surface area contributed by atoms with Crippen LogP contribution in [0.2, 0.25) is 0 Å². The van der Waals surface area contributed by atoms with E-state index in [4.69, 9.17) is 4.74 Å². The summed E-state index contributed by atoms with van der Waals surface area (Å²) in [5.41, 5.74) is 3.65. The number of rotatable bonds is 6. The van der Waals surface area contributed by atoms with Crippen LogP contribution in [0.4, 0.5) is 4.39 Å². The van der Waals surface area contributed by atoms with Crippen LogP contribution >= 0.6 is 0 Å². The fourth-order valence-electron chi connectivity index (χ4n) is 3.64. The van der Waals surface area contributed by atoms with Crippen molar-refractivity contribution in [2.45, 2.75) is 0 Å². The van der Waals surface area contributed by atoms with Crippen molar-refractivity contribution in [1.29, 1.82) is 0 Å². The second-order valence-electron chi connectivity index (χ2n) is 7.09. The van der Waals surface area contributed by atoms with Crippen molar-refractivity contribution in [2.75, 3.05) is 6.61 Å². The molecule has 0 saturated carbocycles. The molecule has 154 valence electrons. The summed E-state index contributed by atoms with van der Waals surface area (Å²) in [6.45, 7) is -0.389. The number of aryl methyl sites for hydroxylation is 1. The molecular formula is C26H20FNO3. The number of hydrogen-bond acceptors (Lipinski definition) is 3. The highest BCUT2D eigenvalue weighted by atomic mass is 19.1. The molecule has 0 aliphatic rings. The van der Waals surface area contributed by atoms with E-state index < -0.39 is 11.8 Å². The van der Waals surface area contributed by atoms with Gasteiger partial charge in [-0.1, -0.05) is 60.7 Å². The summed E-state index contributed by atoms with van der Waals surface area (Å²) in [6.07, 6.45) is 2.63. The van der Waals surface area contributed by atoms with Gasteiger partial charge in [0, 0.05) is 24.0 Å². The van der Waals surface area contributed by atoms with Crippen LogP contribution in [0.15, 0.2) is 84.9 Å². The Bertz CT molecular complexity index is 1290. The van der Waals surface area contributed by atoms with Crippen molar-refractivity contribution >= 4 is 28.7 Å². The van der Waals surface area contributed by atoms with Crippen molar-refractivity contribution in [1.82, 2.24) is 4.57 Å². The van der Waals surface area contributed by atoms with Crippen LogP contribution in [0.25, 0.3) is 28.2 Å². The smallest absolute Gasteiger partial charge is 0.331 e. The van der Waals surface area contributed by atoms with Gasteiger partial charge in [0.2, 0.25) is 5.78 Å². The largest absolute Gasteiger partial charge is 0.454 e. The molecule has 1 aromatic heterocycles. The lowest BCUT2D eigenvalue weighted by Gasteiger charge is -2.08. The molecule has 0 amide bonds. The average molecular weight is 413 g/mol. The van der Waals surface area contributed by atoms with E-state index in [9.17, 15) is 14.0 Å². The molecule has 3 aromatic carbocycles. The van der Waals surface area contributed by atoms with Crippen molar-refractivity contribution in [2.24, 2.45) is 7.05 Å². The standard InChI is InChI=1S/C26H20FNO3/c1-28-22-13-6-5-12-21(22)25(26(28)19-9-3-2-4-10-19)23(29)17-31-24(30)15-14-18-8-7-11-20(27)16-18/h2-16H,17H2,1H3. The number of ketones is 1. The predicted molar refractivity (Wildman–Crippen MR) is 119 cm³/mol. The summed E-state index contributed by atoms with van der Waals surface area (Å²) in [4.78, 5) is 25.2. The molecule has 4 nitrogen and oxygen atoms in total. The lowest BCUT2D eigenvalue weighted by molar-refractivity contribution is -0.136. The van der Waals surface area contributed by atoms with Crippen LogP contribution in [0.1, 0.15) is 15.9 Å². The summed E-state index contributed by atoms with van der Waals surface area (Å²) in [5.74, 6) is -1.35. The zero-order valence-corrected chi connectivity index (χ0v) is 16.9. The first-order chi connectivity index (χ1) is 15.0. The van der Waals surface area contributed by atoms with Crippen LogP contribution in [0.5, 0.6) is 0 Å². The molecule has 5 heteroatoms. The molecule has 0 aliphatic heterocycles. The summed E-state index contributed by atoms with van der Waals surface area (Å²) in [5, 5.41) is 0.806. The summed E-state index contributed by atoms with van der Waals surface area (Å²) in [7, 11) is 1.91. The van der Waals surface area contributed by atoms with Gasteiger partial charge >= 0.3 is 5.97 Å². The minimum absolute atomic E-state index is 0.289. The Morgan fingerprint density at radius 3 is 2.48 bits per heavy atom. The second-order valence-corrected chi connectivity index (χ2v) is 7.09. The van der Waals surface area contributed by atoms with E-state index in [-0.39, 0.29) is 12.4 Å². The van der Waals surface area contributed by atoms with Crippen molar-refractivity contribution in [3.8, 4) is 11.3 Å². The predicted octanol–water partition coefficient (Wildman–Crippen LogP) is 5.42. The number of nitrogens with zero attached hydrogens (tertiary/aromatic N) is 1. The number of halogens is 1. The molecule has 4 aromatic rings. The van der Waals surface area contributed by atoms with Gasteiger partial charge in [-0.15, -0.1) is 0 Å². The molecule has 1 heterocycles. The van der Waals surface area contributed by atoms with Gasteiger partial charge in [-0.3, -0.25) is 4.79 Å². The van der Waals surface area contributed by atoms with Crippen LogP contribution in [0, 0.1) is 5.82 Å². The second kappa shape index (κ2) is 8.79. The fourth-order valence-corrected chi connectivity index (χ4v) is 3.64. The van der Waals surface area contributed by atoms with Gasteiger partial charge in [0.25, 0.3) is 0 Å². The molecule has 0 fully saturated rings. The SMILES string of the molecule is Cn1c(-c2ccccc2)c(C(=O)COC(=O)C=Cc2cccc(F)c2)c2ccccc21. The van der Waals surface area contributed by atoms with Gasteiger partial charge < -0.3 is 9.30 Å². The van der Waals surface area contributed by atoms with E-state index in [1.54, 1.807) is 12.1 Å². The maximum atomic E-state index is 13.2. The van der Waals surface area contributed by atoms with Gasteiger partial charge in [0.15, 0.2) is 6.61 Å².